The van der Waals surface area contributed by atoms with E-state index in [2.05, 4.69) is 5.01 Å². The molecule has 2 rings (SSSR count). The summed E-state index contributed by atoms with van der Waals surface area (Å²) in [5.41, 5.74) is 0.550. The second-order valence-electron chi connectivity index (χ2n) is 3.10. The molecule has 1 fully saturated rings. The molecular weight excluding hydrogens is 180 g/mol. The zero-order valence-electron chi connectivity index (χ0n) is 7.85. The lowest BCUT2D eigenvalue weighted by molar-refractivity contribution is -0.0436. The van der Waals surface area contributed by atoms with Crippen molar-refractivity contribution in [2.24, 2.45) is 0 Å². The quantitative estimate of drug-likeness (QED) is 0.561. The van der Waals surface area contributed by atoms with Crippen molar-refractivity contribution in [3.63, 3.8) is 0 Å². The minimum absolute atomic E-state index is 0.550. The Morgan fingerprint density at radius 1 is 1.29 bits per heavy atom. The number of nitrogens with zero attached hydrogens (tertiary/aromatic N) is 2. The topological polar surface area (TPSA) is 32.8 Å². The van der Waals surface area contributed by atoms with E-state index in [1.54, 1.807) is 6.08 Å². The molecule has 74 valence electrons. The molecule has 0 unspecified atom stereocenters. The highest BCUT2D eigenvalue weighted by Crippen LogP contribution is 2.14. The number of rotatable bonds is 1. The maximum absolute atomic E-state index is 10.7. The molecule has 2 aliphatic heterocycles. The van der Waals surface area contributed by atoms with Crippen LogP contribution in [0.3, 0.4) is 0 Å². The van der Waals surface area contributed by atoms with Gasteiger partial charge in [-0.1, -0.05) is 6.08 Å². The monoisotopic (exact) mass is 192 g/mol. The number of hydrogen-bond donors (Lipinski definition) is 0. The van der Waals surface area contributed by atoms with Gasteiger partial charge in [-0.3, -0.25) is 5.01 Å². The van der Waals surface area contributed by atoms with Gasteiger partial charge in [0.25, 0.3) is 0 Å². The van der Waals surface area contributed by atoms with Gasteiger partial charge < -0.3 is 4.74 Å². The molecule has 4 heteroatoms. The Bertz CT molecular complexity index is 310. The predicted molar refractivity (Wildman–Crippen MR) is 51.7 cm³/mol. The number of allylic oxidation sites excluding steroid dienone is 3. The first-order valence-electron chi connectivity index (χ1n) is 4.63. The Hall–Kier alpha value is -1.35. The van der Waals surface area contributed by atoms with Gasteiger partial charge in [-0.05, 0) is 12.2 Å². The third kappa shape index (κ3) is 1.77. The predicted octanol–water partition coefficient (Wildman–Crippen LogP) is 0.335. The highest BCUT2D eigenvalue weighted by Gasteiger charge is 2.19. The molecule has 0 aromatic carbocycles. The van der Waals surface area contributed by atoms with Crippen molar-refractivity contribution in [1.29, 1.82) is 0 Å². The SMILES string of the molecule is O=C=C1C=CC=CN1N1CCOCC1. The Morgan fingerprint density at radius 2 is 2.07 bits per heavy atom. The maximum Gasteiger partial charge on any atom is 0.152 e. The van der Waals surface area contributed by atoms with Crippen molar-refractivity contribution in [1.82, 2.24) is 10.0 Å². The minimum atomic E-state index is 0.550. The van der Waals surface area contributed by atoms with Gasteiger partial charge in [-0.2, -0.15) is 0 Å². The second-order valence-corrected chi connectivity index (χ2v) is 3.10. The van der Waals surface area contributed by atoms with Crippen LogP contribution in [0.4, 0.5) is 0 Å². The second kappa shape index (κ2) is 4.24. The summed E-state index contributed by atoms with van der Waals surface area (Å²) in [5, 5.41) is 3.90. The van der Waals surface area contributed by atoms with Crippen molar-refractivity contribution < 1.29 is 9.53 Å². The van der Waals surface area contributed by atoms with Crippen LogP contribution in [0.25, 0.3) is 0 Å². The molecule has 4 nitrogen and oxygen atoms in total. The number of hydrazine groups is 1. The number of ether oxygens (including phenoxy) is 1. The van der Waals surface area contributed by atoms with Crippen LogP contribution in [0.5, 0.6) is 0 Å². The van der Waals surface area contributed by atoms with Crippen LogP contribution in [-0.4, -0.2) is 42.3 Å². The summed E-state index contributed by atoms with van der Waals surface area (Å²) in [7, 11) is 0. The Labute approximate surface area is 82.7 Å². The molecular formula is C10H12N2O2. The maximum atomic E-state index is 10.7. The van der Waals surface area contributed by atoms with E-state index in [0.29, 0.717) is 18.9 Å². The highest BCUT2D eigenvalue weighted by atomic mass is 16.5. The number of hydrogen-bond acceptors (Lipinski definition) is 4. The van der Waals surface area contributed by atoms with E-state index in [9.17, 15) is 4.79 Å². The average molecular weight is 192 g/mol. The molecule has 1 saturated heterocycles. The molecule has 2 aliphatic rings. The van der Waals surface area contributed by atoms with E-state index < -0.39 is 0 Å². The van der Waals surface area contributed by atoms with Crippen molar-refractivity contribution in [3.8, 4) is 0 Å². The third-order valence-corrected chi connectivity index (χ3v) is 2.24. The van der Waals surface area contributed by atoms with Crippen LogP contribution in [0.2, 0.25) is 0 Å². The fourth-order valence-corrected chi connectivity index (χ4v) is 1.53. The molecule has 0 radical (unpaired) electrons. The van der Waals surface area contributed by atoms with Crippen LogP contribution in [0.1, 0.15) is 0 Å². The molecule has 2 heterocycles. The first kappa shape index (κ1) is 9.21. The van der Waals surface area contributed by atoms with E-state index in [4.69, 9.17) is 4.74 Å². The molecule has 0 bridgehead atoms. The first-order chi connectivity index (χ1) is 6.92. The molecule has 14 heavy (non-hydrogen) atoms. The Morgan fingerprint density at radius 3 is 2.79 bits per heavy atom. The number of morpholine rings is 1. The van der Waals surface area contributed by atoms with E-state index in [1.165, 1.54) is 0 Å². The lowest BCUT2D eigenvalue weighted by atomic mass is 10.3. The normalized spacial score (nSPS) is 22.6. The smallest absolute Gasteiger partial charge is 0.152 e. The van der Waals surface area contributed by atoms with Gasteiger partial charge in [0.15, 0.2) is 5.94 Å². The highest BCUT2D eigenvalue weighted by molar-refractivity contribution is 5.57. The lowest BCUT2D eigenvalue weighted by Crippen LogP contribution is -2.45. The molecule has 0 aliphatic carbocycles. The summed E-state index contributed by atoms with van der Waals surface area (Å²) in [5.74, 6) is 1.92. The van der Waals surface area contributed by atoms with Gasteiger partial charge in [0.05, 0.1) is 13.2 Å². The zero-order valence-corrected chi connectivity index (χ0v) is 7.85. The van der Waals surface area contributed by atoms with E-state index in [-0.39, 0.29) is 0 Å². The summed E-state index contributed by atoms with van der Waals surface area (Å²) >= 11 is 0. The summed E-state index contributed by atoms with van der Waals surface area (Å²) in [6.07, 6.45) is 7.35. The zero-order chi connectivity index (χ0) is 9.80. The van der Waals surface area contributed by atoms with Crippen LogP contribution >= 0.6 is 0 Å². The summed E-state index contributed by atoms with van der Waals surface area (Å²) in [4.78, 5) is 10.7. The van der Waals surface area contributed by atoms with Crippen molar-refractivity contribution in [2.45, 2.75) is 0 Å². The summed E-state index contributed by atoms with van der Waals surface area (Å²) in [6, 6.07) is 0. The molecule has 0 aromatic heterocycles. The first-order valence-corrected chi connectivity index (χ1v) is 4.63. The van der Waals surface area contributed by atoms with Gasteiger partial charge in [-0.15, -0.1) is 0 Å². The molecule has 0 amide bonds. The van der Waals surface area contributed by atoms with Gasteiger partial charge in [0, 0.05) is 19.3 Å². The van der Waals surface area contributed by atoms with Crippen LogP contribution in [0, 0.1) is 0 Å². The van der Waals surface area contributed by atoms with Gasteiger partial charge >= 0.3 is 0 Å². The van der Waals surface area contributed by atoms with Crippen LogP contribution < -0.4 is 0 Å². The fourth-order valence-electron chi connectivity index (χ4n) is 1.53. The Balaban J connectivity index is 2.12. The standard InChI is InChI=1S/C10H12N2O2/c13-9-10-3-1-2-4-12(10)11-5-7-14-8-6-11/h1-4H,5-8H2. The largest absolute Gasteiger partial charge is 0.379 e. The molecule has 0 atom stereocenters. The van der Waals surface area contributed by atoms with Crippen molar-refractivity contribution >= 4 is 5.94 Å². The van der Waals surface area contributed by atoms with Crippen LogP contribution in [-0.2, 0) is 9.53 Å². The van der Waals surface area contributed by atoms with E-state index in [0.717, 1.165) is 13.1 Å². The molecule has 0 N–H and O–H groups in total. The average Bonchev–Trinajstić information content (AvgIpc) is 2.30. The van der Waals surface area contributed by atoms with Crippen molar-refractivity contribution in [3.05, 3.63) is 30.1 Å². The Kier molecular flexibility index (Phi) is 2.79. The molecule has 0 saturated carbocycles. The van der Waals surface area contributed by atoms with E-state index >= 15 is 0 Å². The van der Waals surface area contributed by atoms with E-state index in [1.807, 2.05) is 29.3 Å². The molecule has 0 aromatic rings. The molecule has 0 spiro atoms. The minimum Gasteiger partial charge on any atom is -0.379 e. The third-order valence-electron chi connectivity index (χ3n) is 2.24. The van der Waals surface area contributed by atoms with Gasteiger partial charge in [-0.25, -0.2) is 9.80 Å². The fraction of sp³-hybridized carbons (Fsp3) is 0.400. The summed E-state index contributed by atoms with van der Waals surface area (Å²) in [6.45, 7) is 3.03. The summed E-state index contributed by atoms with van der Waals surface area (Å²) < 4.78 is 5.24. The van der Waals surface area contributed by atoms with Crippen molar-refractivity contribution in [2.75, 3.05) is 26.3 Å². The van der Waals surface area contributed by atoms with Gasteiger partial charge in [0.2, 0.25) is 0 Å². The van der Waals surface area contributed by atoms with Crippen LogP contribution in [0.15, 0.2) is 30.1 Å². The lowest BCUT2D eigenvalue weighted by Gasteiger charge is -2.36. The van der Waals surface area contributed by atoms with Gasteiger partial charge in [0.1, 0.15) is 5.70 Å². The number of carbonyl (C=O) groups excluding carboxylic acids is 1.